The average molecular weight is 329 g/mol. The Morgan fingerprint density at radius 3 is 3.13 bits per heavy atom. The summed E-state index contributed by atoms with van der Waals surface area (Å²) in [6.07, 6.45) is 6.48. The highest BCUT2D eigenvalue weighted by Gasteiger charge is 2.26. The van der Waals surface area contributed by atoms with E-state index < -0.39 is 0 Å². The minimum absolute atomic E-state index is 0.256. The molecule has 1 aliphatic carbocycles. The molecule has 1 saturated carbocycles. The first-order valence-electron chi connectivity index (χ1n) is 7.69. The zero-order valence-corrected chi connectivity index (χ0v) is 13.7. The summed E-state index contributed by atoms with van der Waals surface area (Å²) in [7, 11) is 0. The second-order valence-corrected chi connectivity index (χ2v) is 6.73. The van der Waals surface area contributed by atoms with Crippen LogP contribution in [0.2, 0.25) is 0 Å². The highest BCUT2D eigenvalue weighted by Crippen LogP contribution is 2.40. The van der Waals surface area contributed by atoms with Crippen molar-refractivity contribution in [2.75, 3.05) is 29.6 Å². The molecule has 3 heterocycles. The fourth-order valence-corrected chi connectivity index (χ4v) is 3.03. The topological polar surface area (TPSA) is 96.9 Å². The number of anilines is 2. The molecule has 0 aliphatic heterocycles. The number of aromatic nitrogens is 5. The van der Waals surface area contributed by atoms with E-state index in [1.807, 2.05) is 12.3 Å². The van der Waals surface area contributed by atoms with Crippen molar-refractivity contribution in [2.45, 2.75) is 18.8 Å². The second-order valence-electron chi connectivity index (χ2n) is 5.74. The van der Waals surface area contributed by atoms with Gasteiger partial charge in [-0.1, -0.05) is 0 Å². The summed E-state index contributed by atoms with van der Waals surface area (Å²) in [4.78, 5) is 4.37. The zero-order valence-electron chi connectivity index (χ0n) is 12.9. The molecule has 4 rings (SSSR count). The highest BCUT2D eigenvalue weighted by molar-refractivity contribution is 7.98. The number of hydrogen-bond donors (Lipinski definition) is 3. The van der Waals surface area contributed by atoms with E-state index in [9.17, 15) is 0 Å². The number of nitrogens with one attached hydrogen (secondary N) is 2. The number of hydrogen-bond acceptors (Lipinski definition) is 6. The summed E-state index contributed by atoms with van der Waals surface area (Å²) in [5.74, 6) is 2.66. The Morgan fingerprint density at radius 2 is 2.35 bits per heavy atom. The van der Waals surface area contributed by atoms with Gasteiger partial charge in [0.2, 0.25) is 5.95 Å². The molecule has 8 heteroatoms. The van der Waals surface area contributed by atoms with Gasteiger partial charge in [-0.15, -0.1) is 5.10 Å². The summed E-state index contributed by atoms with van der Waals surface area (Å²) in [6, 6.07) is 4.14. The van der Waals surface area contributed by atoms with Crippen LogP contribution in [0.15, 0.2) is 18.3 Å². The molecule has 0 unspecified atom stereocenters. The van der Waals surface area contributed by atoms with E-state index in [1.165, 1.54) is 18.5 Å². The standard InChI is InChI=1S/C15H19N7S/c1-23-7-5-17-14-13-10(4-6-22(13)21-15(16)18-14)12-8-11(19-20-12)9-2-3-9/h4,6,8-9H,2-3,5,7H2,1H3,(H,19,20)(H3,16,17,18,21). The van der Waals surface area contributed by atoms with Crippen molar-refractivity contribution in [2.24, 2.45) is 0 Å². The third kappa shape index (κ3) is 2.74. The van der Waals surface area contributed by atoms with Gasteiger partial charge in [0, 0.05) is 35.7 Å². The number of aromatic amines is 1. The van der Waals surface area contributed by atoms with Gasteiger partial charge in [-0.05, 0) is 31.2 Å². The van der Waals surface area contributed by atoms with Crippen LogP contribution in [0.1, 0.15) is 24.5 Å². The van der Waals surface area contributed by atoms with Gasteiger partial charge in [0.25, 0.3) is 0 Å². The summed E-state index contributed by atoms with van der Waals surface area (Å²) >= 11 is 1.79. The highest BCUT2D eigenvalue weighted by atomic mass is 32.2. The monoisotopic (exact) mass is 329 g/mol. The molecule has 0 bridgehead atoms. The maximum atomic E-state index is 5.82. The van der Waals surface area contributed by atoms with Gasteiger partial charge in [-0.3, -0.25) is 5.10 Å². The summed E-state index contributed by atoms with van der Waals surface area (Å²) < 4.78 is 1.77. The molecule has 0 aromatic carbocycles. The lowest BCUT2D eigenvalue weighted by atomic mass is 10.1. The third-order valence-electron chi connectivity index (χ3n) is 4.02. The molecule has 3 aromatic heterocycles. The predicted molar refractivity (Wildman–Crippen MR) is 93.8 cm³/mol. The molecular formula is C15H19N7S. The van der Waals surface area contributed by atoms with Crippen LogP contribution in [0.3, 0.4) is 0 Å². The number of nitrogens with zero attached hydrogens (tertiary/aromatic N) is 4. The minimum Gasteiger partial charge on any atom is -0.367 e. The van der Waals surface area contributed by atoms with E-state index in [-0.39, 0.29) is 5.95 Å². The van der Waals surface area contributed by atoms with Gasteiger partial charge in [-0.2, -0.15) is 21.8 Å². The fraction of sp³-hybridized carbons (Fsp3) is 0.400. The van der Waals surface area contributed by atoms with Gasteiger partial charge in [0.15, 0.2) is 5.82 Å². The second kappa shape index (κ2) is 5.77. The maximum Gasteiger partial charge on any atom is 0.240 e. The van der Waals surface area contributed by atoms with Crippen LogP contribution in [-0.4, -0.2) is 43.3 Å². The van der Waals surface area contributed by atoms with Crippen LogP contribution in [0.5, 0.6) is 0 Å². The average Bonchev–Trinajstić information content (AvgIpc) is 3.11. The number of H-pyrrole nitrogens is 1. The Balaban J connectivity index is 1.76. The van der Waals surface area contributed by atoms with Crippen molar-refractivity contribution < 1.29 is 0 Å². The molecule has 120 valence electrons. The van der Waals surface area contributed by atoms with E-state index in [0.717, 1.165) is 34.9 Å². The van der Waals surface area contributed by atoms with Gasteiger partial charge >= 0.3 is 0 Å². The van der Waals surface area contributed by atoms with E-state index >= 15 is 0 Å². The number of fused-ring (bicyclic) bond motifs is 1. The fourth-order valence-electron chi connectivity index (χ4n) is 2.72. The van der Waals surface area contributed by atoms with Crippen molar-refractivity contribution in [3.8, 4) is 11.3 Å². The Bertz CT molecular complexity index is 834. The van der Waals surface area contributed by atoms with Gasteiger partial charge < -0.3 is 11.1 Å². The minimum atomic E-state index is 0.256. The quantitative estimate of drug-likeness (QED) is 0.601. The first-order chi connectivity index (χ1) is 11.3. The maximum absolute atomic E-state index is 5.82. The lowest BCUT2D eigenvalue weighted by Crippen LogP contribution is -2.10. The summed E-state index contributed by atoms with van der Waals surface area (Å²) in [6.45, 7) is 0.825. The molecular weight excluding hydrogens is 310 g/mol. The Morgan fingerprint density at radius 1 is 1.48 bits per heavy atom. The molecule has 4 N–H and O–H groups in total. The van der Waals surface area contributed by atoms with Gasteiger partial charge in [-0.25, -0.2) is 4.52 Å². The van der Waals surface area contributed by atoms with Crippen LogP contribution < -0.4 is 11.1 Å². The van der Waals surface area contributed by atoms with E-state index in [4.69, 9.17) is 5.73 Å². The lowest BCUT2D eigenvalue weighted by Gasteiger charge is -2.08. The van der Waals surface area contributed by atoms with Crippen molar-refractivity contribution in [1.82, 2.24) is 24.8 Å². The first-order valence-corrected chi connectivity index (χ1v) is 9.09. The molecule has 0 spiro atoms. The largest absolute Gasteiger partial charge is 0.367 e. The molecule has 3 aromatic rings. The molecule has 7 nitrogen and oxygen atoms in total. The SMILES string of the molecule is CSCCNc1nc(N)nn2ccc(-c3cc(C4CC4)[nH]n3)c12. The molecule has 0 atom stereocenters. The van der Waals surface area contributed by atoms with Gasteiger partial charge in [0.1, 0.15) is 5.52 Å². The van der Waals surface area contributed by atoms with Crippen molar-refractivity contribution in [3.63, 3.8) is 0 Å². The Hall–Kier alpha value is -2.22. The van der Waals surface area contributed by atoms with E-state index in [2.05, 4.69) is 37.9 Å². The first kappa shape index (κ1) is 14.4. The van der Waals surface area contributed by atoms with Crippen LogP contribution in [0.25, 0.3) is 16.8 Å². The van der Waals surface area contributed by atoms with Crippen LogP contribution in [0, 0.1) is 0 Å². The molecule has 0 amide bonds. The molecule has 0 radical (unpaired) electrons. The van der Waals surface area contributed by atoms with E-state index in [0.29, 0.717) is 5.92 Å². The smallest absolute Gasteiger partial charge is 0.240 e. The van der Waals surface area contributed by atoms with Crippen molar-refractivity contribution >= 4 is 29.0 Å². The number of nitrogen functional groups attached to an aromatic ring is 1. The molecule has 23 heavy (non-hydrogen) atoms. The van der Waals surface area contributed by atoms with Crippen LogP contribution in [0.4, 0.5) is 11.8 Å². The predicted octanol–water partition coefficient (Wildman–Crippen LogP) is 2.35. The number of rotatable bonds is 6. The van der Waals surface area contributed by atoms with Gasteiger partial charge in [0.05, 0.1) is 5.69 Å². The Labute approximate surface area is 138 Å². The normalized spacial score (nSPS) is 14.5. The van der Waals surface area contributed by atoms with Crippen LogP contribution >= 0.6 is 11.8 Å². The van der Waals surface area contributed by atoms with Crippen LogP contribution in [-0.2, 0) is 0 Å². The van der Waals surface area contributed by atoms with Crippen molar-refractivity contribution in [1.29, 1.82) is 0 Å². The summed E-state index contributed by atoms with van der Waals surface area (Å²) in [5, 5.41) is 15.3. The molecule has 1 fully saturated rings. The van der Waals surface area contributed by atoms with E-state index in [1.54, 1.807) is 16.3 Å². The summed E-state index contributed by atoms with van der Waals surface area (Å²) in [5.41, 5.74) is 9.89. The Kier molecular flexibility index (Phi) is 3.60. The van der Waals surface area contributed by atoms with Crippen molar-refractivity contribution in [3.05, 3.63) is 24.0 Å². The molecule has 1 aliphatic rings. The lowest BCUT2D eigenvalue weighted by molar-refractivity contribution is 0.916. The molecule has 0 saturated heterocycles. The number of nitrogens with two attached hydrogens (primary N) is 1. The third-order valence-corrected chi connectivity index (χ3v) is 4.63. The zero-order chi connectivity index (χ0) is 15.8. The number of thioether (sulfide) groups is 1.